The molecule has 1 aliphatic rings. The molecule has 17 heavy (non-hydrogen) atoms. The zero-order chi connectivity index (χ0) is 12.4. The number of anilines is 1. The number of rotatable bonds is 5. The molecule has 0 saturated heterocycles. The zero-order valence-corrected chi connectivity index (χ0v) is 11.1. The van der Waals surface area contributed by atoms with E-state index in [9.17, 15) is 0 Å². The summed E-state index contributed by atoms with van der Waals surface area (Å²) in [6, 6.07) is 4.81. The summed E-state index contributed by atoms with van der Waals surface area (Å²) >= 11 is 0. The van der Waals surface area contributed by atoms with Crippen molar-refractivity contribution in [3.8, 4) is 0 Å². The van der Waals surface area contributed by atoms with Gasteiger partial charge in [-0.2, -0.15) is 0 Å². The molecule has 94 valence electrons. The van der Waals surface area contributed by atoms with E-state index < -0.39 is 0 Å². The first-order chi connectivity index (χ1) is 8.09. The Bertz CT molecular complexity index is 369. The van der Waals surface area contributed by atoms with Crippen LogP contribution in [0.5, 0.6) is 0 Å². The molecular formula is C14H23N3. The predicted molar refractivity (Wildman–Crippen MR) is 72.0 cm³/mol. The molecule has 0 aromatic carbocycles. The van der Waals surface area contributed by atoms with Crippen LogP contribution in [0.4, 0.5) is 5.82 Å². The second-order valence-electron chi connectivity index (χ2n) is 5.48. The van der Waals surface area contributed by atoms with Gasteiger partial charge >= 0.3 is 0 Å². The highest BCUT2D eigenvalue weighted by Gasteiger charge is 2.31. The largest absolute Gasteiger partial charge is 0.353 e. The van der Waals surface area contributed by atoms with Crippen molar-refractivity contribution in [3.63, 3.8) is 0 Å². The van der Waals surface area contributed by atoms with Gasteiger partial charge in [-0.05, 0) is 31.7 Å². The highest BCUT2D eigenvalue weighted by atomic mass is 15.2. The summed E-state index contributed by atoms with van der Waals surface area (Å²) in [5.74, 6) is 1.75. The van der Waals surface area contributed by atoms with Crippen molar-refractivity contribution in [1.29, 1.82) is 0 Å². The lowest BCUT2D eigenvalue weighted by molar-refractivity contribution is 0.598. The molecule has 3 nitrogen and oxygen atoms in total. The molecule has 1 aromatic heterocycles. The molecule has 1 saturated carbocycles. The molecule has 0 spiro atoms. The second kappa shape index (κ2) is 5.05. The molecule has 0 radical (unpaired) electrons. The number of hydrogen-bond donors (Lipinski definition) is 1. The minimum Gasteiger partial charge on any atom is -0.353 e. The van der Waals surface area contributed by atoms with E-state index in [0.29, 0.717) is 12.0 Å². The summed E-state index contributed by atoms with van der Waals surface area (Å²) in [6.07, 6.45) is 4.46. The summed E-state index contributed by atoms with van der Waals surface area (Å²) in [5.41, 5.74) is 7.20. The third-order valence-electron chi connectivity index (χ3n) is 3.13. The van der Waals surface area contributed by atoms with E-state index in [-0.39, 0.29) is 6.04 Å². The Morgan fingerprint density at radius 1 is 1.41 bits per heavy atom. The Morgan fingerprint density at radius 2 is 2.12 bits per heavy atom. The van der Waals surface area contributed by atoms with Crippen LogP contribution in [0.25, 0.3) is 0 Å². The molecule has 1 fully saturated rings. The maximum Gasteiger partial charge on any atom is 0.133 e. The van der Waals surface area contributed by atoms with E-state index in [4.69, 9.17) is 5.73 Å². The Balaban J connectivity index is 2.28. The molecule has 0 aliphatic heterocycles. The minimum atomic E-state index is 0.0483. The first-order valence-corrected chi connectivity index (χ1v) is 6.56. The summed E-state index contributed by atoms with van der Waals surface area (Å²) in [6.45, 7) is 7.61. The average Bonchev–Trinajstić information content (AvgIpc) is 3.09. The van der Waals surface area contributed by atoms with Crippen molar-refractivity contribution in [3.05, 3.63) is 23.9 Å². The van der Waals surface area contributed by atoms with Crippen LogP contribution in [0.15, 0.2) is 18.3 Å². The van der Waals surface area contributed by atoms with Crippen LogP contribution in [0.3, 0.4) is 0 Å². The van der Waals surface area contributed by atoms with Gasteiger partial charge in [0.25, 0.3) is 0 Å². The minimum absolute atomic E-state index is 0.0483. The average molecular weight is 233 g/mol. The van der Waals surface area contributed by atoms with Gasteiger partial charge < -0.3 is 10.6 Å². The van der Waals surface area contributed by atoms with E-state index in [0.717, 1.165) is 12.4 Å². The zero-order valence-electron chi connectivity index (χ0n) is 11.1. The van der Waals surface area contributed by atoms with Crippen LogP contribution in [0.1, 0.15) is 45.2 Å². The molecule has 1 atom stereocenters. The van der Waals surface area contributed by atoms with Crippen LogP contribution in [-0.2, 0) is 0 Å². The quantitative estimate of drug-likeness (QED) is 0.850. The molecule has 2 rings (SSSR count). The van der Waals surface area contributed by atoms with Crippen molar-refractivity contribution in [2.75, 3.05) is 11.4 Å². The molecule has 1 aromatic rings. The SMILES string of the molecule is CC(C)CN(c1ncccc1C(C)N)C1CC1. The number of nitrogens with two attached hydrogens (primary N) is 1. The molecule has 1 heterocycles. The number of hydrogen-bond acceptors (Lipinski definition) is 3. The van der Waals surface area contributed by atoms with E-state index in [1.807, 2.05) is 19.2 Å². The van der Waals surface area contributed by atoms with Gasteiger partial charge in [-0.25, -0.2) is 4.98 Å². The number of aromatic nitrogens is 1. The normalized spacial score (nSPS) is 17.2. The van der Waals surface area contributed by atoms with E-state index in [1.165, 1.54) is 18.4 Å². The standard InChI is InChI=1S/C14H23N3/c1-10(2)9-17(12-6-7-12)14-13(11(3)15)5-4-8-16-14/h4-5,8,10-12H,6-7,9,15H2,1-3H3. The van der Waals surface area contributed by atoms with Gasteiger partial charge in [0.15, 0.2) is 0 Å². The fraction of sp³-hybridized carbons (Fsp3) is 0.643. The Labute approximate surface area is 104 Å². The summed E-state index contributed by atoms with van der Waals surface area (Å²) in [7, 11) is 0. The molecule has 0 amide bonds. The highest BCUT2D eigenvalue weighted by molar-refractivity contribution is 5.50. The van der Waals surface area contributed by atoms with Crippen molar-refractivity contribution in [1.82, 2.24) is 4.98 Å². The highest BCUT2D eigenvalue weighted by Crippen LogP contribution is 2.34. The van der Waals surface area contributed by atoms with E-state index in [2.05, 4.69) is 29.8 Å². The first-order valence-electron chi connectivity index (χ1n) is 6.56. The fourth-order valence-corrected chi connectivity index (χ4v) is 2.19. The van der Waals surface area contributed by atoms with Crippen LogP contribution in [-0.4, -0.2) is 17.6 Å². The smallest absolute Gasteiger partial charge is 0.133 e. The lowest BCUT2D eigenvalue weighted by atomic mass is 10.1. The second-order valence-corrected chi connectivity index (χ2v) is 5.48. The fourth-order valence-electron chi connectivity index (χ4n) is 2.19. The van der Waals surface area contributed by atoms with Crippen LogP contribution < -0.4 is 10.6 Å². The maximum absolute atomic E-state index is 6.04. The monoisotopic (exact) mass is 233 g/mol. The predicted octanol–water partition coefficient (Wildman–Crippen LogP) is 2.73. The summed E-state index contributed by atoms with van der Waals surface area (Å²) in [5, 5.41) is 0. The van der Waals surface area contributed by atoms with Gasteiger partial charge in [-0.3, -0.25) is 0 Å². The van der Waals surface area contributed by atoms with Gasteiger partial charge in [0, 0.05) is 30.4 Å². The van der Waals surface area contributed by atoms with Gasteiger partial charge in [-0.15, -0.1) is 0 Å². The van der Waals surface area contributed by atoms with Crippen molar-refractivity contribution in [2.45, 2.75) is 45.7 Å². The van der Waals surface area contributed by atoms with Crippen molar-refractivity contribution >= 4 is 5.82 Å². The third kappa shape index (κ3) is 2.97. The van der Waals surface area contributed by atoms with Crippen molar-refractivity contribution in [2.24, 2.45) is 11.7 Å². The molecule has 1 unspecified atom stereocenters. The molecule has 2 N–H and O–H groups in total. The maximum atomic E-state index is 6.04. The topological polar surface area (TPSA) is 42.2 Å². The Morgan fingerprint density at radius 3 is 2.65 bits per heavy atom. The molecule has 0 bridgehead atoms. The van der Waals surface area contributed by atoms with E-state index >= 15 is 0 Å². The molecular weight excluding hydrogens is 210 g/mol. The van der Waals surface area contributed by atoms with Gasteiger partial charge in [0.1, 0.15) is 5.82 Å². The lowest BCUT2D eigenvalue weighted by Crippen LogP contribution is -2.32. The van der Waals surface area contributed by atoms with E-state index in [1.54, 1.807) is 0 Å². The molecule has 1 aliphatic carbocycles. The molecule has 3 heteroatoms. The van der Waals surface area contributed by atoms with Gasteiger partial charge in [0.2, 0.25) is 0 Å². The Hall–Kier alpha value is -1.09. The van der Waals surface area contributed by atoms with Crippen molar-refractivity contribution < 1.29 is 0 Å². The van der Waals surface area contributed by atoms with Crippen LogP contribution in [0, 0.1) is 5.92 Å². The van der Waals surface area contributed by atoms with Crippen LogP contribution in [0.2, 0.25) is 0 Å². The van der Waals surface area contributed by atoms with Gasteiger partial charge in [-0.1, -0.05) is 19.9 Å². The summed E-state index contributed by atoms with van der Waals surface area (Å²) in [4.78, 5) is 7.01. The number of nitrogens with zero attached hydrogens (tertiary/aromatic N) is 2. The number of pyridine rings is 1. The van der Waals surface area contributed by atoms with Gasteiger partial charge in [0.05, 0.1) is 0 Å². The lowest BCUT2D eigenvalue weighted by Gasteiger charge is -2.28. The van der Waals surface area contributed by atoms with Crippen LogP contribution >= 0.6 is 0 Å². The summed E-state index contributed by atoms with van der Waals surface area (Å²) < 4.78 is 0. The third-order valence-corrected chi connectivity index (χ3v) is 3.13. The first kappa shape index (κ1) is 12.4. The Kier molecular flexibility index (Phi) is 3.67.